The lowest BCUT2D eigenvalue weighted by Crippen LogP contribution is -2.36. The first-order valence-corrected chi connectivity index (χ1v) is 10.4. The minimum absolute atomic E-state index is 0.414. The van der Waals surface area contributed by atoms with Crippen LogP contribution in [0, 0.1) is 0 Å². The van der Waals surface area contributed by atoms with Crippen LogP contribution in [0.25, 0.3) is 0 Å². The lowest BCUT2D eigenvalue weighted by Gasteiger charge is -2.26. The minimum atomic E-state index is -0.513. The van der Waals surface area contributed by atoms with Gasteiger partial charge in [0.1, 0.15) is 11.2 Å². The Morgan fingerprint density at radius 2 is 1.23 bits per heavy atom. The van der Waals surface area contributed by atoms with Gasteiger partial charge in [0.05, 0.1) is 0 Å². The summed E-state index contributed by atoms with van der Waals surface area (Å²) in [7, 11) is 0. The Balaban J connectivity index is 2.49. The molecule has 0 spiro atoms. The third-order valence-corrected chi connectivity index (χ3v) is 3.80. The normalized spacial score (nSPS) is 11.5. The van der Waals surface area contributed by atoms with Gasteiger partial charge in [0.15, 0.2) is 0 Å². The molecule has 30 heavy (non-hydrogen) atoms. The number of carbonyl (C=O) groups excluding carboxylic acids is 2. The van der Waals surface area contributed by atoms with Gasteiger partial charge in [0.2, 0.25) is 0 Å². The molecular weight excluding hydrogens is 384 g/mol. The van der Waals surface area contributed by atoms with E-state index in [9.17, 15) is 9.59 Å². The van der Waals surface area contributed by atoms with Gasteiger partial charge in [-0.2, -0.15) is 0 Å². The highest BCUT2D eigenvalue weighted by atomic mass is 16.6. The number of hydrogen-bond donors (Lipinski definition) is 3. The van der Waals surface area contributed by atoms with Crippen LogP contribution in [0.1, 0.15) is 54.4 Å². The Morgan fingerprint density at radius 1 is 0.833 bits per heavy atom. The summed E-state index contributed by atoms with van der Waals surface area (Å²) in [6, 6.07) is 7.66. The van der Waals surface area contributed by atoms with Crippen LogP contribution in [0.5, 0.6) is 0 Å². The largest absolute Gasteiger partial charge is 0.444 e. The van der Waals surface area contributed by atoms with Gasteiger partial charge in [0.25, 0.3) is 0 Å². The van der Waals surface area contributed by atoms with Crippen LogP contribution >= 0.6 is 0 Å². The summed E-state index contributed by atoms with van der Waals surface area (Å²) in [5, 5.41) is 5.56. The predicted molar refractivity (Wildman–Crippen MR) is 121 cm³/mol. The molecule has 0 unspecified atom stereocenters. The Morgan fingerprint density at radius 3 is 1.60 bits per heavy atom. The van der Waals surface area contributed by atoms with Crippen molar-refractivity contribution in [2.75, 3.05) is 36.8 Å². The molecule has 0 aliphatic carbocycles. The van der Waals surface area contributed by atoms with Crippen molar-refractivity contribution in [1.29, 1.82) is 0 Å². The number of nitrogens with one attached hydrogen (secondary N) is 2. The molecule has 2 amide bonds. The summed E-state index contributed by atoms with van der Waals surface area (Å²) in [6.45, 7) is 13.5. The third kappa shape index (κ3) is 12.0. The Labute approximate surface area is 180 Å². The number of nitrogens with two attached hydrogens (primary N) is 1. The summed E-state index contributed by atoms with van der Waals surface area (Å²) >= 11 is 0. The fourth-order valence-corrected chi connectivity index (χ4v) is 2.60. The second-order valence-electron chi connectivity index (χ2n) is 9.14. The zero-order valence-corrected chi connectivity index (χ0v) is 19.2. The minimum Gasteiger partial charge on any atom is -0.444 e. The first-order chi connectivity index (χ1) is 13.9. The number of anilines is 2. The van der Waals surface area contributed by atoms with Crippen LogP contribution in [-0.4, -0.2) is 49.6 Å². The molecule has 0 radical (unpaired) electrons. The van der Waals surface area contributed by atoms with E-state index in [2.05, 4.69) is 15.5 Å². The van der Waals surface area contributed by atoms with Gasteiger partial charge in [-0.05, 0) is 78.6 Å². The van der Waals surface area contributed by atoms with Gasteiger partial charge in [-0.3, -0.25) is 0 Å². The van der Waals surface area contributed by atoms with E-state index < -0.39 is 23.4 Å². The molecule has 8 heteroatoms. The van der Waals surface area contributed by atoms with Gasteiger partial charge in [-0.25, -0.2) is 9.59 Å². The number of rotatable bonds is 9. The predicted octanol–water partition coefficient (Wildman–Crippen LogP) is 3.90. The number of nitrogen functional groups attached to an aromatic ring is 1. The average Bonchev–Trinajstić information content (AvgIpc) is 2.58. The molecule has 1 rings (SSSR count). The number of carbonyl (C=O) groups is 2. The molecule has 4 N–H and O–H groups in total. The van der Waals surface area contributed by atoms with Gasteiger partial charge in [-0.15, -0.1) is 0 Å². The van der Waals surface area contributed by atoms with Crippen molar-refractivity contribution in [2.24, 2.45) is 0 Å². The van der Waals surface area contributed by atoms with E-state index in [4.69, 9.17) is 15.2 Å². The van der Waals surface area contributed by atoms with Crippen molar-refractivity contribution in [3.05, 3.63) is 24.3 Å². The van der Waals surface area contributed by atoms with Crippen molar-refractivity contribution in [2.45, 2.75) is 65.6 Å². The maximum atomic E-state index is 11.8. The SMILES string of the molecule is CC(C)(C)OC(=O)NCCCN(CCCNC(=O)OC(C)(C)C)c1ccc(N)cc1. The second-order valence-corrected chi connectivity index (χ2v) is 9.14. The van der Waals surface area contributed by atoms with Crippen LogP contribution in [0.15, 0.2) is 24.3 Å². The molecule has 0 saturated heterocycles. The number of ether oxygens (including phenoxy) is 2. The van der Waals surface area contributed by atoms with E-state index in [-0.39, 0.29) is 0 Å². The van der Waals surface area contributed by atoms with E-state index >= 15 is 0 Å². The fraction of sp³-hybridized carbons (Fsp3) is 0.636. The maximum absolute atomic E-state index is 11.8. The Kier molecular flexibility index (Phi) is 9.75. The Hall–Kier alpha value is -2.64. The summed E-state index contributed by atoms with van der Waals surface area (Å²) in [6.07, 6.45) is 0.679. The van der Waals surface area contributed by atoms with Gasteiger partial charge >= 0.3 is 12.2 Å². The number of nitrogens with zero attached hydrogens (tertiary/aromatic N) is 1. The summed E-state index contributed by atoms with van der Waals surface area (Å²) in [4.78, 5) is 25.7. The summed E-state index contributed by atoms with van der Waals surface area (Å²) in [5.74, 6) is 0. The highest BCUT2D eigenvalue weighted by molar-refractivity contribution is 5.68. The van der Waals surface area contributed by atoms with E-state index in [1.807, 2.05) is 65.8 Å². The molecule has 8 nitrogen and oxygen atoms in total. The first-order valence-electron chi connectivity index (χ1n) is 10.4. The lowest BCUT2D eigenvalue weighted by molar-refractivity contribution is 0.0516. The van der Waals surface area contributed by atoms with Gasteiger partial charge in [0, 0.05) is 37.6 Å². The molecule has 170 valence electrons. The van der Waals surface area contributed by atoms with Crippen molar-refractivity contribution in [1.82, 2.24) is 10.6 Å². The van der Waals surface area contributed by atoms with Crippen molar-refractivity contribution < 1.29 is 19.1 Å². The quantitative estimate of drug-likeness (QED) is 0.412. The van der Waals surface area contributed by atoms with Crippen LogP contribution in [0.4, 0.5) is 21.0 Å². The first kappa shape index (κ1) is 25.4. The molecule has 1 aromatic carbocycles. The van der Waals surface area contributed by atoms with E-state index in [0.717, 1.165) is 31.6 Å². The highest BCUT2D eigenvalue weighted by Gasteiger charge is 2.17. The zero-order valence-electron chi connectivity index (χ0n) is 19.2. The molecule has 0 aromatic heterocycles. The third-order valence-electron chi connectivity index (χ3n) is 3.80. The van der Waals surface area contributed by atoms with E-state index in [1.54, 1.807) is 0 Å². The van der Waals surface area contributed by atoms with Crippen molar-refractivity contribution in [3.8, 4) is 0 Å². The molecule has 0 heterocycles. The monoisotopic (exact) mass is 422 g/mol. The number of amides is 2. The molecular formula is C22H38N4O4. The van der Waals surface area contributed by atoms with Crippen LogP contribution < -0.4 is 21.3 Å². The standard InChI is InChI=1S/C22H38N4O4/c1-21(2,3)29-19(27)24-13-7-15-26(18-11-9-17(23)10-12-18)16-8-14-25-20(28)30-22(4,5)6/h9-12H,7-8,13-16,23H2,1-6H3,(H,24,27)(H,25,28). The van der Waals surface area contributed by atoms with Gasteiger partial charge in [-0.1, -0.05) is 0 Å². The lowest BCUT2D eigenvalue weighted by atomic mass is 10.2. The molecule has 0 atom stereocenters. The number of benzene rings is 1. The molecule has 0 aliphatic rings. The number of hydrogen-bond acceptors (Lipinski definition) is 6. The number of alkyl carbamates (subject to hydrolysis) is 2. The van der Waals surface area contributed by atoms with Crippen LogP contribution in [-0.2, 0) is 9.47 Å². The molecule has 1 aromatic rings. The maximum Gasteiger partial charge on any atom is 0.407 e. The highest BCUT2D eigenvalue weighted by Crippen LogP contribution is 2.17. The molecule has 0 fully saturated rings. The topological polar surface area (TPSA) is 106 Å². The average molecular weight is 423 g/mol. The zero-order chi connectivity index (χ0) is 22.8. The Bertz CT molecular complexity index is 627. The smallest absolute Gasteiger partial charge is 0.407 e. The van der Waals surface area contributed by atoms with Crippen molar-refractivity contribution >= 4 is 23.6 Å². The van der Waals surface area contributed by atoms with Gasteiger partial charge < -0.3 is 30.7 Å². The summed E-state index contributed by atoms with van der Waals surface area (Å²) in [5.41, 5.74) is 6.52. The van der Waals surface area contributed by atoms with Crippen LogP contribution in [0.3, 0.4) is 0 Å². The van der Waals surface area contributed by atoms with E-state index in [0.29, 0.717) is 18.8 Å². The summed E-state index contributed by atoms with van der Waals surface area (Å²) < 4.78 is 10.5. The molecule has 0 aliphatic heterocycles. The van der Waals surface area contributed by atoms with Crippen molar-refractivity contribution in [3.63, 3.8) is 0 Å². The fourth-order valence-electron chi connectivity index (χ4n) is 2.60. The van der Waals surface area contributed by atoms with Crippen LogP contribution in [0.2, 0.25) is 0 Å². The molecule has 0 saturated carbocycles. The van der Waals surface area contributed by atoms with E-state index in [1.165, 1.54) is 0 Å². The second kappa shape index (κ2) is 11.5. The molecule has 0 bridgehead atoms.